The summed E-state index contributed by atoms with van der Waals surface area (Å²) in [5.74, 6) is 2.49. The van der Waals surface area contributed by atoms with E-state index in [9.17, 15) is 9.59 Å². The molecule has 28 heavy (non-hydrogen) atoms. The van der Waals surface area contributed by atoms with Crippen LogP contribution in [0.2, 0.25) is 0 Å². The van der Waals surface area contributed by atoms with Crippen LogP contribution < -0.4 is 16.0 Å². The Morgan fingerprint density at radius 2 is 1.89 bits per heavy atom. The van der Waals surface area contributed by atoms with Crippen LogP contribution in [-0.4, -0.2) is 28.3 Å². The third-order valence-electron chi connectivity index (χ3n) is 3.64. The van der Waals surface area contributed by atoms with Gasteiger partial charge in [-0.1, -0.05) is 27.9 Å². The third kappa shape index (κ3) is 5.22. The number of hydrogen-bond donors (Lipinski definition) is 3. The van der Waals surface area contributed by atoms with E-state index in [1.807, 2.05) is 24.3 Å². The Hall–Kier alpha value is -3.57. The van der Waals surface area contributed by atoms with Crippen molar-refractivity contribution < 1.29 is 9.59 Å². The Balaban J connectivity index is 1.49. The van der Waals surface area contributed by atoms with Gasteiger partial charge in [0, 0.05) is 28.0 Å². The van der Waals surface area contributed by atoms with Crippen LogP contribution in [0.3, 0.4) is 0 Å². The predicted molar refractivity (Wildman–Crippen MR) is 111 cm³/mol. The molecule has 1 heterocycles. The smallest absolute Gasteiger partial charge is 0.320 e. The minimum Gasteiger partial charge on any atom is -0.329 e. The van der Waals surface area contributed by atoms with Gasteiger partial charge in [-0.25, -0.2) is 9.48 Å². The summed E-state index contributed by atoms with van der Waals surface area (Å²) in [5, 5.41) is 12.0. The molecular formula is C20H16BrN5O2. The van der Waals surface area contributed by atoms with Gasteiger partial charge in [0.25, 0.3) is 0 Å². The van der Waals surface area contributed by atoms with Crippen molar-refractivity contribution in [3.63, 3.8) is 0 Å². The summed E-state index contributed by atoms with van der Waals surface area (Å²) >= 11 is 3.38. The number of nitrogens with zero attached hydrogens (tertiary/aromatic N) is 2. The molecule has 0 aliphatic rings. The zero-order valence-electron chi connectivity index (χ0n) is 14.6. The highest BCUT2D eigenvalue weighted by Gasteiger charge is 2.08. The lowest BCUT2D eigenvalue weighted by Crippen LogP contribution is -2.35. The fourth-order valence-electron chi connectivity index (χ4n) is 2.34. The molecule has 7 nitrogen and oxygen atoms in total. The average Bonchev–Trinajstić information content (AvgIpc) is 3.15. The summed E-state index contributed by atoms with van der Waals surface area (Å²) in [7, 11) is 0. The molecule has 0 aliphatic heterocycles. The lowest BCUT2D eigenvalue weighted by atomic mass is 10.2. The van der Waals surface area contributed by atoms with Crippen molar-refractivity contribution in [2.45, 2.75) is 0 Å². The van der Waals surface area contributed by atoms with E-state index in [0.717, 1.165) is 10.2 Å². The molecule has 3 amide bonds. The molecule has 0 atom stereocenters. The van der Waals surface area contributed by atoms with E-state index in [4.69, 9.17) is 6.42 Å². The molecule has 3 aromatic rings. The van der Waals surface area contributed by atoms with Crippen LogP contribution >= 0.6 is 15.9 Å². The van der Waals surface area contributed by atoms with E-state index in [-0.39, 0.29) is 12.5 Å². The maximum absolute atomic E-state index is 12.0. The molecule has 140 valence electrons. The van der Waals surface area contributed by atoms with Gasteiger partial charge >= 0.3 is 6.03 Å². The van der Waals surface area contributed by atoms with E-state index in [1.54, 1.807) is 41.2 Å². The van der Waals surface area contributed by atoms with E-state index < -0.39 is 6.03 Å². The van der Waals surface area contributed by atoms with Crippen molar-refractivity contribution in [1.82, 2.24) is 15.1 Å². The van der Waals surface area contributed by atoms with Gasteiger partial charge in [-0.05, 0) is 42.5 Å². The molecule has 2 aromatic carbocycles. The number of halogens is 1. The standard InChI is InChI=1S/C20H16BrN5O2/c1-2-14-4-3-5-16(12-14)23-19(27)13-22-20(28)24-18-10-11-26(25-18)17-8-6-15(21)7-9-17/h1,3-12H,13H2,(H,23,27)(H2,22,24,25,28). The Morgan fingerprint density at radius 3 is 2.64 bits per heavy atom. The van der Waals surface area contributed by atoms with Gasteiger partial charge in [-0.2, -0.15) is 0 Å². The molecule has 0 saturated heterocycles. The highest BCUT2D eigenvalue weighted by Crippen LogP contribution is 2.15. The van der Waals surface area contributed by atoms with Crippen molar-refractivity contribution in [2.75, 3.05) is 17.2 Å². The topological polar surface area (TPSA) is 88.0 Å². The van der Waals surface area contributed by atoms with Gasteiger partial charge in [0.2, 0.25) is 5.91 Å². The summed E-state index contributed by atoms with van der Waals surface area (Å²) in [4.78, 5) is 23.9. The van der Waals surface area contributed by atoms with Crippen molar-refractivity contribution in [3.8, 4) is 18.0 Å². The Kier molecular flexibility index (Phi) is 6.09. The SMILES string of the molecule is C#Cc1cccc(NC(=O)CNC(=O)Nc2ccn(-c3ccc(Br)cc3)n2)c1. The summed E-state index contributed by atoms with van der Waals surface area (Å²) < 4.78 is 2.60. The number of hydrogen-bond acceptors (Lipinski definition) is 3. The third-order valence-corrected chi connectivity index (χ3v) is 4.17. The van der Waals surface area contributed by atoms with Gasteiger partial charge in [-0.3, -0.25) is 10.1 Å². The van der Waals surface area contributed by atoms with E-state index in [2.05, 4.69) is 42.9 Å². The molecule has 3 rings (SSSR count). The number of rotatable bonds is 5. The number of terminal acetylenes is 1. The molecular weight excluding hydrogens is 422 g/mol. The first-order valence-electron chi connectivity index (χ1n) is 8.26. The molecule has 1 aromatic heterocycles. The second-order valence-electron chi connectivity index (χ2n) is 5.70. The highest BCUT2D eigenvalue weighted by molar-refractivity contribution is 9.10. The maximum Gasteiger partial charge on any atom is 0.320 e. The fourth-order valence-corrected chi connectivity index (χ4v) is 2.61. The maximum atomic E-state index is 12.0. The Bertz CT molecular complexity index is 1040. The molecule has 3 N–H and O–H groups in total. The van der Waals surface area contributed by atoms with Crippen molar-refractivity contribution in [3.05, 3.63) is 70.8 Å². The van der Waals surface area contributed by atoms with Crippen molar-refractivity contribution in [1.29, 1.82) is 0 Å². The van der Waals surface area contributed by atoms with Gasteiger partial charge in [0.05, 0.1) is 12.2 Å². The van der Waals surface area contributed by atoms with Crippen LogP contribution in [0, 0.1) is 12.3 Å². The molecule has 0 bridgehead atoms. The number of carbonyl (C=O) groups is 2. The van der Waals surface area contributed by atoms with Crippen molar-refractivity contribution >= 4 is 39.4 Å². The number of nitrogens with one attached hydrogen (secondary N) is 3. The summed E-state index contributed by atoms with van der Waals surface area (Å²) in [6.07, 6.45) is 7.06. The number of benzene rings is 2. The first-order valence-corrected chi connectivity index (χ1v) is 9.06. The molecule has 0 saturated carbocycles. The minimum atomic E-state index is -0.534. The predicted octanol–water partition coefficient (Wildman–Crippen LogP) is 3.38. The average molecular weight is 438 g/mol. The first kappa shape index (κ1) is 19.2. The second-order valence-corrected chi connectivity index (χ2v) is 6.62. The van der Waals surface area contributed by atoms with Crippen LogP contribution in [0.4, 0.5) is 16.3 Å². The summed E-state index contributed by atoms with van der Waals surface area (Å²) in [6.45, 7) is -0.195. The lowest BCUT2D eigenvalue weighted by Gasteiger charge is -2.07. The molecule has 0 spiro atoms. The van der Waals surface area contributed by atoms with Gasteiger partial charge < -0.3 is 10.6 Å². The zero-order chi connectivity index (χ0) is 19.9. The Labute approximate surface area is 170 Å². The van der Waals surface area contributed by atoms with Gasteiger partial charge in [0.15, 0.2) is 5.82 Å². The summed E-state index contributed by atoms with van der Waals surface area (Å²) in [6, 6.07) is 15.6. The van der Waals surface area contributed by atoms with E-state index >= 15 is 0 Å². The zero-order valence-corrected chi connectivity index (χ0v) is 16.2. The molecule has 0 fully saturated rings. The summed E-state index contributed by atoms with van der Waals surface area (Å²) in [5.41, 5.74) is 2.07. The molecule has 0 aliphatic carbocycles. The van der Waals surface area contributed by atoms with E-state index in [1.165, 1.54) is 0 Å². The molecule has 0 unspecified atom stereocenters. The number of amides is 3. The largest absolute Gasteiger partial charge is 0.329 e. The van der Waals surface area contributed by atoms with Crippen molar-refractivity contribution in [2.24, 2.45) is 0 Å². The first-order chi connectivity index (χ1) is 13.5. The second kappa shape index (κ2) is 8.88. The minimum absolute atomic E-state index is 0.195. The van der Waals surface area contributed by atoms with Crippen LogP contribution in [0.5, 0.6) is 0 Å². The van der Waals surface area contributed by atoms with Crippen LogP contribution in [0.15, 0.2) is 65.3 Å². The fraction of sp³-hybridized carbons (Fsp3) is 0.0500. The van der Waals surface area contributed by atoms with E-state index in [0.29, 0.717) is 17.1 Å². The highest BCUT2D eigenvalue weighted by atomic mass is 79.9. The van der Waals surface area contributed by atoms with Gasteiger partial charge in [-0.15, -0.1) is 11.5 Å². The van der Waals surface area contributed by atoms with Gasteiger partial charge in [0.1, 0.15) is 0 Å². The molecule has 0 radical (unpaired) electrons. The number of aromatic nitrogens is 2. The lowest BCUT2D eigenvalue weighted by molar-refractivity contribution is -0.115. The van der Waals surface area contributed by atoms with Crippen LogP contribution in [0.1, 0.15) is 5.56 Å². The quantitative estimate of drug-likeness (QED) is 0.534. The number of urea groups is 1. The normalized spacial score (nSPS) is 10.0. The monoisotopic (exact) mass is 437 g/mol. The van der Waals surface area contributed by atoms with Crippen LogP contribution in [0.25, 0.3) is 5.69 Å². The number of anilines is 2. The Morgan fingerprint density at radius 1 is 1.11 bits per heavy atom. The number of carbonyl (C=O) groups excluding carboxylic acids is 2. The molecule has 8 heteroatoms. The van der Waals surface area contributed by atoms with Crippen LogP contribution in [-0.2, 0) is 4.79 Å².